The molecule has 16 heavy (non-hydrogen) atoms. The summed E-state index contributed by atoms with van der Waals surface area (Å²) in [5.74, 6) is 0.110. The third kappa shape index (κ3) is 2.06. The number of Topliss-reactive ketones (excluding diaryl/α,β-unsaturated/α-hetero) is 1. The minimum Gasteiger partial charge on any atom is -0.341 e. The molecule has 0 spiro atoms. The molecule has 2 nitrogen and oxygen atoms in total. The van der Waals surface area contributed by atoms with Gasteiger partial charge in [-0.25, -0.2) is 0 Å². The van der Waals surface area contributed by atoms with Gasteiger partial charge in [0.15, 0.2) is 5.78 Å². The van der Waals surface area contributed by atoms with E-state index in [1.54, 1.807) is 6.92 Å². The average Bonchev–Trinajstić information content (AvgIpc) is 2.69. The molecule has 2 aromatic rings. The van der Waals surface area contributed by atoms with Crippen molar-refractivity contribution >= 4 is 5.78 Å². The summed E-state index contributed by atoms with van der Waals surface area (Å²) in [7, 11) is 0. The van der Waals surface area contributed by atoms with Gasteiger partial charge in [-0.2, -0.15) is 0 Å². The van der Waals surface area contributed by atoms with Crippen molar-refractivity contribution < 1.29 is 4.79 Å². The predicted octanol–water partition coefficient (Wildman–Crippen LogP) is 3.05. The number of rotatable bonds is 3. The highest BCUT2D eigenvalue weighted by atomic mass is 16.1. The first-order valence-electron chi connectivity index (χ1n) is 5.39. The molecular formula is C14H15NO. The fraction of sp³-hybridized carbons (Fsp3) is 0.214. The van der Waals surface area contributed by atoms with E-state index in [9.17, 15) is 4.79 Å². The molecule has 2 rings (SSSR count). The molecule has 2 heteroatoms. The van der Waals surface area contributed by atoms with E-state index in [0.29, 0.717) is 0 Å². The van der Waals surface area contributed by atoms with Crippen molar-refractivity contribution in [2.45, 2.75) is 20.4 Å². The average molecular weight is 213 g/mol. The number of carbonyl (C=O) groups excluding carboxylic acids is 1. The molecule has 0 aliphatic heterocycles. The summed E-state index contributed by atoms with van der Waals surface area (Å²) < 4.78 is 1.99. The van der Waals surface area contributed by atoms with Crippen LogP contribution in [0.1, 0.15) is 28.5 Å². The van der Waals surface area contributed by atoms with E-state index in [0.717, 1.165) is 12.2 Å². The number of ketones is 1. The van der Waals surface area contributed by atoms with E-state index in [1.165, 1.54) is 11.1 Å². The van der Waals surface area contributed by atoms with Gasteiger partial charge in [-0.3, -0.25) is 4.79 Å². The zero-order valence-electron chi connectivity index (χ0n) is 9.60. The van der Waals surface area contributed by atoms with Crippen LogP contribution in [0.2, 0.25) is 0 Å². The van der Waals surface area contributed by atoms with Gasteiger partial charge in [0.2, 0.25) is 0 Å². The number of carbonyl (C=O) groups is 1. The van der Waals surface area contributed by atoms with E-state index in [2.05, 4.69) is 19.1 Å². The molecular weight excluding hydrogens is 198 g/mol. The minimum atomic E-state index is 0.110. The van der Waals surface area contributed by atoms with Crippen LogP contribution in [0.5, 0.6) is 0 Å². The summed E-state index contributed by atoms with van der Waals surface area (Å²) in [5, 5.41) is 0. The third-order valence-electron chi connectivity index (χ3n) is 2.79. The first-order chi connectivity index (χ1) is 7.68. The van der Waals surface area contributed by atoms with Gasteiger partial charge >= 0.3 is 0 Å². The molecule has 0 saturated heterocycles. The topological polar surface area (TPSA) is 22.0 Å². The number of benzene rings is 1. The van der Waals surface area contributed by atoms with Crippen molar-refractivity contribution in [2.24, 2.45) is 0 Å². The Balaban J connectivity index is 2.31. The molecule has 0 saturated carbocycles. The normalized spacial score (nSPS) is 10.4. The highest BCUT2D eigenvalue weighted by Gasteiger charge is 2.06. The van der Waals surface area contributed by atoms with E-state index < -0.39 is 0 Å². The highest BCUT2D eigenvalue weighted by molar-refractivity contribution is 5.92. The Morgan fingerprint density at radius 2 is 1.94 bits per heavy atom. The van der Waals surface area contributed by atoms with Crippen LogP contribution in [0.25, 0.3) is 0 Å². The first-order valence-corrected chi connectivity index (χ1v) is 5.39. The number of hydrogen-bond donors (Lipinski definition) is 0. The van der Waals surface area contributed by atoms with Crippen LogP contribution in [0.3, 0.4) is 0 Å². The zero-order valence-corrected chi connectivity index (χ0v) is 9.60. The van der Waals surface area contributed by atoms with E-state index in [-0.39, 0.29) is 5.78 Å². The maximum Gasteiger partial charge on any atom is 0.176 e. The second kappa shape index (κ2) is 4.35. The molecule has 82 valence electrons. The molecule has 0 aliphatic carbocycles. The van der Waals surface area contributed by atoms with Crippen LogP contribution in [0, 0.1) is 6.92 Å². The second-order valence-corrected chi connectivity index (χ2v) is 4.00. The zero-order chi connectivity index (χ0) is 11.5. The molecule has 1 heterocycles. The van der Waals surface area contributed by atoms with Crippen LogP contribution in [-0.4, -0.2) is 10.4 Å². The van der Waals surface area contributed by atoms with Crippen molar-refractivity contribution in [3.05, 3.63) is 59.4 Å². The van der Waals surface area contributed by atoms with Crippen molar-refractivity contribution in [2.75, 3.05) is 0 Å². The molecule has 0 unspecified atom stereocenters. The summed E-state index contributed by atoms with van der Waals surface area (Å²) in [6.45, 7) is 4.45. The monoisotopic (exact) mass is 213 g/mol. The van der Waals surface area contributed by atoms with Crippen molar-refractivity contribution in [1.82, 2.24) is 4.57 Å². The molecule has 0 radical (unpaired) electrons. The second-order valence-electron chi connectivity index (χ2n) is 4.00. The Morgan fingerprint density at radius 3 is 2.62 bits per heavy atom. The van der Waals surface area contributed by atoms with Crippen LogP contribution < -0.4 is 0 Å². The molecule has 1 aromatic carbocycles. The fourth-order valence-corrected chi connectivity index (χ4v) is 1.84. The maximum atomic E-state index is 11.4. The lowest BCUT2D eigenvalue weighted by Gasteiger charge is -2.09. The van der Waals surface area contributed by atoms with Crippen molar-refractivity contribution in [3.63, 3.8) is 0 Å². The van der Waals surface area contributed by atoms with Crippen LogP contribution in [0.4, 0.5) is 0 Å². The quantitative estimate of drug-likeness (QED) is 0.718. The van der Waals surface area contributed by atoms with Crippen molar-refractivity contribution in [3.8, 4) is 0 Å². The smallest absolute Gasteiger partial charge is 0.176 e. The third-order valence-corrected chi connectivity index (χ3v) is 2.79. The lowest BCUT2D eigenvalue weighted by molar-refractivity contribution is 0.100. The number of hydrogen-bond acceptors (Lipinski definition) is 1. The van der Waals surface area contributed by atoms with Crippen LogP contribution >= 0.6 is 0 Å². The number of aromatic nitrogens is 1. The van der Waals surface area contributed by atoms with Crippen LogP contribution in [-0.2, 0) is 6.54 Å². The lowest BCUT2D eigenvalue weighted by Crippen LogP contribution is -2.07. The Labute approximate surface area is 95.5 Å². The Morgan fingerprint density at radius 1 is 1.19 bits per heavy atom. The Hall–Kier alpha value is -1.83. The van der Waals surface area contributed by atoms with Gasteiger partial charge in [-0.1, -0.05) is 24.3 Å². The first kappa shape index (κ1) is 10.7. The Kier molecular flexibility index (Phi) is 2.91. The molecule has 0 N–H and O–H groups in total. The summed E-state index contributed by atoms with van der Waals surface area (Å²) in [6, 6.07) is 12.0. The maximum absolute atomic E-state index is 11.4. The van der Waals surface area contributed by atoms with Crippen molar-refractivity contribution in [1.29, 1.82) is 0 Å². The summed E-state index contributed by atoms with van der Waals surface area (Å²) in [6.07, 6.45) is 1.95. The minimum absolute atomic E-state index is 0.110. The highest BCUT2D eigenvalue weighted by Crippen LogP contribution is 2.12. The summed E-state index contributed by atoms with van der Waals surface area (Å²) >= 11 is 0. The van der Waals surface area contributed by atoms with Gasteiger partial charge in [-0.15, -0.1) is 0 Å². The van der Waals surface area contributed by atoms with E-state index >= 15 is 0 Å². The molecule has 0 fully saturated rings. The van der Waals surface area contributed by atoms with Gasteiger partial charge in [-0.05, 0) is 30.2 Å². The van der Waals surface area contributed by atoms with E-state index in [4.69, 9.17) is 0 Å². The summed E-state index contributed by atoms with van der Waals surface area (Å²) in [5.41, 5.74) is 3.27. The van der Waals surface area contributed by atoms with Gasteiger partial charge < -0.3 is 4.57 Å². The van der Waals surface area contributed by atoms with Gasteiger partial charge in [0.25, 0.3) is 0 Å². The number of nitrogens with zero attached hydrogens (tertiary/aromatic N) is 1. The standard InChI is InChI=1S/C14H15NO/c1-11-6-3-4-7-13(11)10-15-9-5-8-14(15)12(2)16/h3-9H,10H2,1-2H3. The molecule has 0 amide bonds. The van der Waals surface area contributed by atoms with E-state index in [1.807, 2.05) is 35.0 Å². The van der Waals surface area contributed by atoms with Gasteiger partial charge in [0, 0.05) is 19.7 Å². The molecule has 0 bridgehead atoms. The molecule has 0 aliphatic rings. The predicted molar refractivity (Wildman–Crippen MR) is 64.7 cm³/mol. The van der Waals surface area contributed by atoms with Gasteiger partial charge in [0.05, 0.1) is 5.69 Å². The fourth-order valence-electron chi connectivity index (χ4n) is 1.84. The summed E-state index contributed by atoms with van der Waals surface area (Å²) in [4.78, 5) is 11.4. The largest absolute Gasteiger partial charge is 0.341 e. The number of aryl methyl sites for hydroxylation is 1. The Bertz CT molecular complexity index is 511. The lowest BCUT2D eigenvalue weighted by atomic mass is 10.1. The van der Waals surface area contributed by atoms with Gasteiger partial charge in [0.1, 0.15) is 0 Å². The molecule has 1 aromatic heterocycles. The SMILES string of the molecule is CC(=O)c1cccn1Cc1ccccc1C. The van der Waals surface area contributed by atoms with Crippen LogP contribution in [0.15, 0.2) is 42.6 Å². The molecule has 0 atom stereocenters.